The summed E-state index contributed by atoms with van der Waals surface area (Å²) in [5.74, 6) is -2.72. The van der Waals surface area contributed by atoms with E-state index in [0.717, 1.165) is 5.57 Å². The molecule has 0 aromatic rings. The summed E-state index contributed by atoms with van der Waals surface area (Å²) < 4.78 is 16.8. The van der Waals surface area contributed by atoms with Gasteiger partial charge in [-0.25, -0.2) is 9.59 Å². The lowest BCUT2D eigenvalue weighted by atomic mass is 9.78. The summed E-state index contributed by atoms with van der Waals surface area (Å²) in [6, 6.07) is 0. The summed E-state index contributed by atoms with van der Waals surface area (Å²) in [6.45, 7) is 9.64. The minimum absolute atomic E-state index is 0.120. The number of ether oxygens (including phenoxy) is 3. The van der Waals surface area contributed by atoms with E-state index in [1.54, 1.807) is 0 Å². The molecule has 148 valence electrons. The maximum Gasteiger partial charge on any atom is 0.339 e. The van der Waals surface area contributed by atoms with Crippen LogP contribution in [0.2, 0.25) is 0 Å². The molecule has 2 heterocycles. The minimum Gasteiger partial charge on any atom is -0.459 e. The van der Waals surface area contributed by atoms with Crippen molar-refractivity contribution in [1.29, 1.82) is 0 Å². The van der Waals surface area contributed by atoms with E-state index in [9.17, 15) is 19.8 Å². The van der Waals surface area contributed by atoms with Crippen LogP contribution in [0.25, 0.3) is 0 Å². The molecule has 2 N–H and O–H groups in total. The van der Waals surface area contributed by atoms with Crippen molar-refractivity contribution < 1.29 is 34.0 Å². The van der Waals surface area contributed by atoms with Gasteiger partial charge in [-0.1, -0.05) is 18.7 Å². The third kappa shape index (κ3) is 2.67. The van der Waals surface area contributed by atoms with Gasteiger partial charge >= 0.3 is 11.9 Å². The highest BCUT2D eigenvalue weighted by Gasteiger charge is 2.71. The van der Waals surface area contributed by atoms with Gasteiger partial charge in [0.05, 0.1) is 24.5 Å². The molecule has 0 aromatic carbocycles. The van der Waals surface area contributed by atoms with Crippen LogP contribution in [0.5, 0.6) is 0 Å². The van der Waals surface area contributed by atoms with E-state index in [1.165, 1.54) is 6.92 Å². The molecule has 2 saturated heterocycles. The first-order valence-corrected chi connectivity index (χ1v) is 9.54. The van der Waals surface area contributed by atoms with E-state index in [-0.39, 0.29) is 29.7 Å². The van der Waals surface area contributed by atoms with Gasteiger partial charge < -0.3 is 24.4 Å². The summed E-state index contributed by atoms with van der Waals surface area (Å²) in [5, 5.41) is 20.6. The van der Waals surface area contributed by atoms with Gasteiger partial charge in [-0.05, 0) is 19.3 Å². The number of esters is 2. The van der Waals surface area contributed by atoms with E-state index < -0.39 is 47.4 Å². The Hall–Kier alpha value is -1.41. The number of hydrogen-bond donors (Lipinski definition) is 2. The van der Waals surface area contributed by atoms with Crippen LogP contribution in [0.4, 0.5) is 0 Å². The van der Waals surface area contributed by atoms with E-state index in [4.69, 9.17) is 25.8 Å². The topological polar surface area (TPSA) is 106 Å². The Morgan fingerprint density at radius 3 is 2.74 bits per heavy atom. The zero-order valence-electron chi connectivity index (χ0n) is 15.0. The zero-order chi connectivity index (χ0) is 19.7. The standard InChI is InChI=1S/C19H23ClO7/c1-8-4-11(26-17(23)18(3,24)6-20)13-9(2)16(22)27-15(13)14-10(8)5-12(21)19(14)7-25-19/h10-15,21,24H,1-2,4-7H2,3H3/t10-,11-,12-,13+,14-,15-,18-,19+/m0/s1. The van der Waals surface area contributed by atoms with Gasteiger partial charge in [-0.2, -0.15) is 0 Å². The molecule has 27 heavy (non-hydrogen) atoms. The first kappa shape index (κ1) is 18.9. The fourth-order valence-corrected chi connectivity index (χ4v) is 4.96. The monoisotopic (exact) mass is 398 g/mol. The van der Waals surface area contributed by atoms with Crippen molar-refractivity contribution in [3.8, 4) is 0 Å². The average Bonchev–Trinajstić information content (AvgIpc) is 3.29. The first-order chi connectivity index (χ1) is 12.6. The SMILES string of the molecule is C=C1C(=O)O[C@H]2[C@H]1[C@@H](OC(=O)[C@@](C)(O)CCl)CC(=C)[C@@H]1C[C@H](O)[C@]3(CO3)[C@H]21. The van der Waals surface area contributed by atoms with Crippen LogP contribution in [0.1, 0.15) is 19.8 Å². The molecule has 4 aliphatic rings. The number of fused-ring (bicyclic) bond motifs is 4. The fourth-order valence-electron chi connectivity index (χ4n) is 4.86. The highest BCUT2D eigenvalue weighted by molar-refractivity contribution is 6.20. The number of rotatable bonds is 3. The molecule has 8 heteroatoms. The molecule has 7 nitrogen and oxygen atoms in total. The molecule has 2 saturated carbocycles. The second-order valence-electron chi connectivity index (χ2n) is 8.26. The number of halogens is 1. The largest absolute Gasteiger partial charge is 0.459 e. The van der Waals surface area contributed by atoms with Crippen LogP contribution < -0.4 is 0 Å². The Balaban J connectivity index is 1.69. The summed E-state index contributed by atoms with van der Waals surface area (Å²) >= 11 is 5.66. The molecule has 0 unspecified atom stereocenters. The molecule has 0 radical (unpaired) electrons. The Morgan fingerprint density at radius 1 is 1.48 bits per heavy atom. The fraction of sp³-hybridized carbons (Fsp3) is 0.684. The molecule has 4 rings (SSSR count). The maximum atomic E-state index is 12.4. The Morgan fingerprint density at radius 2 is 2.15 bits per heavy atom. The Labute approximate surface area is 161 Å². The van der Waals surface area contributed by atoms with Crippen molar-refractivity contribution in [2.24, 2.45) is 17.8 Å². The summed E-state index contributed by atoms with van der Waals surface area (Å²) in [7, 11) is 0. The maximum absolute atomic E-state index is 12.4. The number of carbonyl (C=O) groups excluding carboxylic acids is 2. The lowest BCUT2D eigenvalue weighted by molar-refractivity contribution is -0.170. The second-order valence-corrected chi connectivity index (χ2v) is 8.53. The van der Waals surface area contributed by atoms with Gasteiger partial charge in [-0.3, -0.25) is 0 Å². The molecular weight excluding hydrogens is 376 g/mol. The smallest absolute Gasteiger partial charge is 0.339 e. The van der Waals surface area contributed by atoms with E-state index >= 15 is 0 Å². The van der Waals surface area contributed by atoms with E-state index in [2.05, 4.69) is 13.2 Å². The third-order valence-corrected chi connectivity index (χ3v) is 7.00. The number of aliphatic hydroxyl groups is 2. The van der Waals surface area contributed by atoms with Crippen molar-refractivity contribution in [2.45, 2.75) is 49.3 Å². The minimum atomic E-state index is -1.84. The molecule has 0 amide bonds. The number of aliphatic hydroxyl groups excluding tert-OH is 1. The molecule has 4 fully saturated rings. The molecule has 0 aromatic heterocycles. The number of epoxide rings is 1. The van der Waals surface area contributed by atoms with Crippen molar-refractivity contribution >= 4 is 23.5 Å². The molecule has 0 bridgehead atoms. The normalized spacial score (nSPS) is 45.0. The van der Waals surface area contributed by atoms with Crippen molar-refractivity contribution in [3.05, 3.63) is 24.3 Å². The average molecular weight is 399 g/mol. The van der Waals surface area contributed by atoms with Crippen molar-refractivity contribution in [1.82, 2.24) is 0 Å². The number of hydrogen-bond acceptors (Lipinski definition) is 7. The van der Waals surface area contributed by atoms with Crippen LogP contribution in [0, 0.1) is 17.8 Å². The first-order valence-electron chi connectivity index (χ1n) is 9.01. The van der Waals surface area contributed by atoms with Gasteiger partial charge in [0, 0.05) is 17.9 Å². The molecule has 2 aliphatic carbocycles. The van der Waals surface area contributed by atoms with Gasteiger partial charge in [0.1, 0.15) is 17.8 Å². The molecule has 1 spiro atoms. The second kappa shape index (κ2) is 6.04. The molecule has 8 atom stereocenters. The molecular formula is C19H23ClO7. The van der Waals surface area contributed by atoms with Gasteiger partial charge in [-0.15, -0.1) is 11.6 Å². The van der Waals surface area contributed by atoms with Crippen LogP contribution in [0.3, 0.4) is 0 Å². The van der Waals surface area contributed by atoms with Gasteiger partial charge in [0.15, 0.2) is 5.60 Å². The van der Waals surface area contributed by atoms with Crippen molar-refractivity contribution in [3.63, 3.8) is 0 Å². The third-order valence-electron chi connectivity index (χ3n) is 6.48. The summed E-state index contributed by atoms with van der Waals surface area (Å²) in [4.78, 5) is 24.7. The van der Waals surface area contributed by atoms with Crippen LogP contribution >= 0.6 is 11.6 Å². The number of carbonyl (C=O) groups is 2. The summed E-state index contributed by atoms with van der Waals surface area (Å²) in [5.41, 5.74) is -1.58. The highest BCUT2D eigenvalue weighted by Crippen LogP contribution is 2.60. The van der Waals surface area contributed by atoms with Crippen LogP contribution in [-0.4, -0.2) is 64.2 Å². The van der Waals surface area contributed by atoms with Gasteiger partial charge in [0.2, 0.25) is 0 Å². The molecule has 2 aliphatic heterocycles. The number of alkyl halides is 1. The van der Waals surface area contributed by atoms with Crippen LogP contribution in [0.15, 0.2) is 24.3 Å². The zero-order valence-corrected chi connectivity index (χ0v) is 15.8. The predicted octanol–water partition coefficient (Wildman–Crippen LogP) is 0.712. The summed E-state index contributed by atoms with van der Waals surface area (Å²) in [6.07, 6.45) is -1.31. The Bertz CT molecular complexity index is 726. The lowest BCUT2D eigenvalue weighted by Crippen LogP contribution is -2.45. The van der Waals surface area contributed by atoms with E-state index in [1.807, 2.05) is 0 Å². The van der Waals surface area contributed by atoms with E-state index in [0.29, 0.717) is 13.0 Å². The quantitative estimate of drug-likeness (QED) is 0.237. The predicted molar refractivity (Wildman–Crippen MR) is 93.8 cm³/mol. The van der Waals surface area contributed by atoms with Gasteiger partial charge in [0.25, 0.3) is 0 Å². The Kier molecular flexibility index (Phi) is 4.24. The van der Waals surface area contributed by atoms with Crippen LogP contribution in [-0.2, 0) is 23.8 Å². The lowest BCUT2D eigenvalue weighted by Gasteiger charge is -2.31. The van der Waals surface area contributed by atoms with Crippen molar-refractivity contribution in [2.75, 3.05) is 12.5 Å². The highest BCUT2D eigenvalue weighted by atomic mass is 35.5.